The second-order valence-corrected chi connectivity index (χ2v) is 4.25. The zero-order chi connectivity index (χ0) is 14.3. The molecule has 1 N–H and O–H groups in total. The third-order valence-electron chi connectivity index (χ3n) is 3.06. The second kappa shape index (κ2) is 4.34. The summed E-state index contributed by atoms with van der Waals surface area (Å²) in [5, 5.41) is 9.35. The van der Waals surface area contributed by atoms with E-state index in [9.17, 15) is 9.59 Å². The highest BCUT2D eigenvalue weighted by atomic mass is 16.5. The van der Waals surface area contributed by atoms with Crippen LogP contribution >= 0.6 is 0 Å². The van der Waals surface area contributed by atoms with E-state index in [2.05, 4.69) is 4.98 Å². The van der Waals surface area contributed by atoms with Gasteiger partial charge in [-0.1, -0.05) is 0 Å². The van der Waals surface area contributed by atoms with Gasteiger partial charge < -0.3 is 9.84 Å². The van der Waals surface area contributed by atoms with Gasteiger partial charge in [-0.15, -0.1) is 0 Å². The molecule has 0 amide bonds. The van der Waals surface area contributed by atoms with Crippen LogP contribution in [0.15, 0.2) is 41.3 Å². The predicted octanol–water partition coefficient (Wildman–Crippen LogP) is 1.55. The molecule has 2 aromatic heterocycles. The Hall–Kier alpha value is -2.89. The van der Waals surface area contributed by atoms with Gasteiger partial charge in [-0.05, 0) is 30.3 Å². The molecule has 0 atom stereocenters. The maximum Gasteiger partial charge on any atom is 0.337 e. The lowest BCUT2D eigenvalue weighted by atomic mass is 10.2. The van der Waals surface area contributed by atoms with E-state index < -0.39 is 5.97 Å². The molecule has 0 saturated carbocycles. The Morgan fingerprint density at radius 2 is 2.10 bits per heavy atom. The average Bonchev–Trinajstić information content (AvgIpc) is 2.47. The Morgan fingerprint density at radius 3 is 2.80 bits per heavy atom. The topological polar surface area (TPSA) is 80.9 Å². The number of nitrogens with zero attached hydrogens (tertiary/aromatic N) is 2. The SMILES string of the molecule is COc1ccc2nc3ccc(C(=O)O)cn3c(=O)c2c1. The van der Waals surface area contributed by atoms with Crippen molar-refractivity contribution in [2.75, 3.05) is 7.11 Å². The van der Waals surface area contributed by atoms with E-state index >= 15 is 0 Å². The number of rotatable bonds is 2. The molecule has 20 heavy (non-hydrogen) atoms. The van der Waals surface area contributed by atoms with Gasteiger partial charge in [-0.25, -0.2) is 9.78 Å². The van der Waals surface area contributed by atoms with E-state index in [1.165, 1.54) is 29.8 Å². The zero-order valence-electron chi connectivity index (χ0n) is 10.5. The first kappa shape index (κ1) is 12.2. The van der Waals surface area contributed by atoms with Gasteiger partial charge in [0.1, 0.15) is 11.4 Å². The van der Waals surface area contributed by atoms with Gasteiger partial charge in [-0.3, -0.25) is 9.20 Å². The molecule has 0 aliphatic rings. The van der Waals surface area contributed by atoms with E-state index in [1.807, 2.05) is 0 Å². The van der Waals surface area contributed by atoms with Crippen LogP contribution in [0.25, 0.3) is 16.6 Å². The van der Waals surface area contributed by atoms with Crippen molar-refractivity contribution in [3.05, 3.63) is 52.4 Å². The van der Waals surface area contributed by atoms with Crippen molar-refractivity contribution in [2.45, 2.75) is 0 Å². The maximum atomic E-state index is 12.4. The monoisotopic (exact) mass is 270 g/mol. The summed E-state index contributed by atoms with van der Waals surface area (Å²) in [6.07, 6.45) is 1.27. The fourth-order valence-corrected chi connectivity index (χ4v) is 2.04. The third-order valence-corrected chi connectivity index (χ3v) is 3.06. The summed E-state index contributed by atoms with van der Waals surface area (Å²) in [5.74, 6) is -0.546. The van der Waals surface area contributed by atoms with Crippen LogP contribution < -0.4 is 10.3 Å². The number of aromatic nitrogens is 2. The summed E-state index contributed by atoms with van der Waals surface area (Å²) >= 11 is 0. The molecule has 1 aromatic carbocycles. The largest absolute Gasteiger partial charge is 0.497 e. The van der Waals surface area contributed by atoms with Crippen molar-refractivity contribution in [1.82, 2.24) is 9.38 Å². The lowest BCUT2D eigenvalue weighted by Gasteiger charge is -2.05. The normalized spacial score (nSPS) is 10.8. The highest BCUT2D eigenvalue weighted by molar-refractivity contribution is 5.88. The Kier molecular flexibility index (Phi) is 2.64. The Morgan fingerprint density at radius 1 is 1.30 bits per heavy atom. The minimum Gasteiger partial charge on any atom is -0.497 e. The standard InChI is InChI=1S/C14H10N2O4/c1-20-9-3-4-11-10(6-9)13(17)16-7-8(14(18)19)2-5-12(16)15-11/h2-7H,1H3,(H,18,19). The van der Waals surface area contributed by atoms with Crippen LogP contribution in [0, 0.1) is 0 Å². The second-order valence-electron chi connectivity index (χ2n) is 4.25. The van der Waals surface area contributed by atoms with Crippen LogP contribution in [-0.2, 0) is 0 Å². The highest BCUT2D eigenvalue weighted by Crippen LogP contribution is 2.17. The predicted molar refractivity (Wildman–Crippen MR) is 72.5 cm³/mol. The molecule has 0 radical (unpaired) electrons. The number of methoxy groups -OCH3 is 1. The molecule has 3 rings (SSSR count). The van der Waals surface area contributed by atoms with Gasteiger partial charge in [-0.2, -0.15) is 0 Å². The fraction of sp³-hybridized carbons (Fsp3) is 0.0714. The molecule has 0 aliphatic carbocycles. The number of aromatic carboxylic acids is 1. The van der Waals surface area contributed by atoms with Crippen molar-refractivity contribution in [2.24, 2.45) is 0 Å². The molecule has 100 valence electrons. The molecule has 6 nitrogen and oxygen atoms in total. The van der Waals surface area contributed by atoms with Gasteiger partial charge in [0, 0.05) is 6.20 Å². The summed E-state index contributed by atoms with van der Waals surface area (Å²) < 4.78 is 6.31. The number of hydrogen-bond donors (Lipinski definition) is 1. The molecule has 0 unspecified atom stereocenters. The van der Waals surface area contributed by atoms with Crippen molar-refractivity contribution >= 4 is 22.5 Å². The van der Waals surface area contributed by atoms with Gasteiger partial charge in [0.05, 0.1) is 23.6 Å². The van der Waals surface area contributed by atoms with Crippen molar-refractivity contribution in [1.29, 1.82) is 0 Å². The average molecular weight is 270 g/mol. The van der Waals surface area contributed by atoms with Gasteiger partial charge >= 0.3 is 5.97 Å². The Balaban J connectivity index is 2.42. The molecule has 0 spiro atoms. The van der Waals surface area contributed by atoms with Gasteiger partial charge in [0.25, 0.3) is 5.56 Å². The van der Waals surface area contributed by atoms with Crippen LogP contribution in [0.4, 0.5) is 0 Å². The van der Waals surface area contributed by atoms with E-state index in [0.717, 1.165) is 0 Å². The first-order chi connectivity index (χ1) is 9.60. The highest BCUT2D eigenvalue weighted by Gasteiger charge is 2.09. The molecule has 6 heteroatoms. The Labute approximate surface area is 112 Å². The van der Waals surface area contributed by atoms with E-state index in [4.69, 9.17) is 9.84 Å². The minimum atomic E-state index is -1.09. The number of carboxylic acids is 1. The number of carbonyl (C=O) groups is 1. The molecule has 0 aliphatic heterocycles. The van der Waals surface area contributed by atoms with E-state index in [-0.39, 0.29) is 11.1 Å². The lowest BCUT2D eigenvalue weighted by Crippen LogP contribution is -2.16. The van der Waals surface area contributed by atoms with Crippen LogP contribution in [-0.4, -0.2) is 27.6 Å². The molecule has 0 fully saturated rings. The summed E-state index contributed by atoms with van der Waals surface area (Å²) in [5.41, 5.74) is 0.646. The first-order valence-electron chi connectivity index (χ1n) is 5.83. The summed E-state index contributed by atoms with van der Waals surface area (Å²) in [4.78, 5) is 27.7. The maximum absolute atomic E-state index is 12.4. The van der Waals surface area contributed by atoms with Crippen LogP contribution in [0.1, 0.15) is 10.4 Å². The molecular formula is C14H10N2O4. The number of fused-ring (bicyclic) bond motifs is 2. The molecule has 3 aromatic rings. The molecule has 0 bridgehead atoms. The van der Waals surface area contributed by atoms with Crippen molar-refractivity contribution in [3.8, 4) is 5.75 Å². The number of ether oxygens (including phenoxy) is 1. The summed E-state index contributed by atoms with van der Waals surface area (Å²) in [6, 6.07) is 7.93. The molecule has 2 heterocycles. The number of carboxylic acid groups (broad SMARTS) is 1. The quantitative estimate of drug-likeness (QED) is 0.714. The fourth-order valence-electron chi connectivity index (χ4n) is 2.04. The smallest absolute Gasteiger partial charge is 0.337 e. The van der Waals surface area contributed by atoms with Crippen molar-refractivity contribution < 1.29 is 14.6 Å². The summed E-state index contributed by atoms with van der Waals surface area (Å²) in [6.45, 7) is 0. The van der Waals surface area contributed by atoms with Crippen molar-refractivity contribution in [3.63, 3.8) is 0 Å². The van der Waals surface area contributed by atoms with Gasteiger partial charge in [0.2, 0.25) is 0 Å². The van der Waals surface area contributed by atoms with Gasteiger partial charge in [0.15, 0.2) is 0 Å². The zero-order valence-corrected chi connectivity index (χ0v) is 10.5. The number of pyridine rings is 1. The number of hydrogen-bond acceptors (Lipinski definition) is 4. The third kappa shape index (κ3) is 1.78. The first-order valence-corrected chi connectivity index (χ1v) is 5.83. The number of benzene rings is 1. The van der Waals surface area contributed by atoms with E-state index in [1.54, 1.807) is 18.2 Å². The van der Waals surface area contributed by atoms with Crippen LogP contribution in [0.5, 0.6) is 5.75 Å². The minimum absolute atomic E-state index is 0.0312. The molecular weight excluding hydrogens is 260 g/mol. The lowest BCUT2D eigenvalue weighted by molar-refractivity contribution is 0.0696. The molecule has 0 saturated heterocycles. The Bertz CT molecular complexity index is 899. The van der Waals surface area contributed by atoms with E-state index in [0.29, 0.717) is 22.3 Å². The summed E-state index contributed by atoms with van der Waals surface area (Å²) in [7, 11) is 1.51. The van der Waals surface area contributed by atoms with Crippen LogP contribution in [0.2, 0.25) is 0 Å². The van der Waals surface area contributed by atoms with Crippen LogP contribution in [0.3, 0.4) is 0 Å².